The van der Waals surface area contributed by atoms with Crippen molar-refractivity contribution in [2.24, 2.45) is 0 Å². The minimum Gasteiger partial charge on any atom is -0.497 e. The SMILES string of the molecule is COc1cccc(CC2CN(C)C(=O)CN2)c1. The van der Waals surface area contributed by atoms with Crippen LogP contribution < -0.4 is 10.1 Å². The Labute approximate surface area is 102 Å². The molecule has 1 atom stereocenters. The zero-order valence-electron chi connectivity index (χ0n) is 10.3. The first-order valence-electron chi connectivity index (χ1n) is 5.79. The minimum absolute atomic E-state index is 0.159. The molecule has 0 bridgehead atoms. The van der Waals surface area contributed by atoms with Gasteiger partial charge in [-0.1, -0.05) is 12.1 Å². The van der Waals surface area contributed by atoms with Crippen molar-refractivity contribution in [3.8, 4) is 5.75 Å². The Balaban J connectivity index is 1.98. The lowest BCUT2D eigenvalue weighted by Crippen LogP contribution is -2.53. The van der Waals surface area contributed by atoms with E-state index in [9.17, 15) is 4.79 Å². The Morgan fingerprint density at radius 2 is 2.35 bits per heavy atom. The number of hydrogen-bond donors (Lipinski definition) is 1. The quantitative estimate of drug-likeness (QED) is 0.835. The highest BCUT2D eigenvalue weighted by Crippen LogP contribution is 2.15. The van der Waals surface area contributed by atoms with Crippen LogP contribution in [0.3, 0.4) is 0 Å². The molecular formula is C13H18N2O2. The minimum atomic E-state index is 0.159. The molecule has 1 aromatic rings. The lowest BCUT2D eigenvalue weighted by molar-refractivity contribution is -0.131. The summed E-state index contributed by atoms with van der Waals surface area (Å²) in [6.45, 7) is 1.20. The number of methoxy groups -OCH3 is 1. The molecule has 0 spiro atoms. The van der Waals surface area contributed by atoms with E-state index in [2.05, 4.69) is 11.4 Å². The van der Waals surface area contributed by atoms with Gasteiger partial charge in [-0.15, -0.1) is 0 Å². The van der Waals surface area contributed by atoms with Crippen molar-refractivity contribution >= 4 is 5.91 Å². The van der Waals surface area contributed by atoms with Crippen molar-refractivity contribution in [3.63, 3.8) is 0 Å². The molecule has 1 aromatic carbocycles. The standard InChI is InChI=1S/C13H18N2O2/c1-15-9-11(14-8-13(15)16)6-10-4-3-5-12(7-10)17-2/h3-5,7,11,14H,6,8-9H2,1-2H3. The third kappa shape index (κ3) is 2.97. The number of amides is 1. The predicted octanol–water partition coefficient (Wildman–Crippen LogP) is 0.668. The third-order valence-electron chi connectivity index (χ3n) is 3.08. The highest BCUT2D eigenvalue weighted by atomic mass is 16.5. The molecule has 1 heterocycles. The second-order valence-electron chi connectivity index (χ2n) is 4.41. The Kier molecular flexibility index (Phi) is 3.64. The van der Waals surface area contributed by atoms with Crippen LogP contribution in [0.15, 0.2) is 24.3 Å². The number of likely N-dealkylation sites (N-methyl/N-ethyl adjacent to an activating group) is 1. The van der Waals surface area contributed by atoms with Crippen molar-refractivity contribution in [1.29, 1.82) is 0 Å². The summed E-state index contributed by atoms with van der Waals surface area (Å²) in [5, 5.41) is 3.25. The summed E-state index contributed by atoms with van der Waals surface area (Å²) in [7, 11) is 3.52. The largest absolute Gasteiger partial charge is 0.497 e. The van der Waals surface area contributed by atoms with Crippen LogP contribution in [0.25, 0.3) is 0 Å². The number of ether oxygens (including phenoxy) is 1. The fraction of sp³-hybridized carbons (Fsp3) is 0.462. The second kappa shape index (κ2) is 5.19. The molecule has 4 nitrogen and oxygen atoms in total. The van der Waals surface area contributed by atoms with E-state index in [1.165, 1.54) is 5.56 Å². The molecule has 0 radical (unpaired) electrons. The van der Waals surface area contributed by atoms with Crippen molar-refractivity contribution in [2.45, 2.75) is 12.5 Å². The van der Waals surface area contributed by atoms with E-state index in [0.717, 1.165) is 18.7 Å². The maximum absolute atomic E-state index is 11.3. The van der Waals surface area contributed by atoms with Crippen molar-refractivity contribution in [2.75, 3.05) is 27.2 Å². The molecule has 1 fully saturated rings. The summed E-state index contributed by atoms with van der Waals surface area (Å²) in [5.41, 5.74) is 1.23. The average Bonchev–Trinajstić information content (AvgIpc) is 2.34. The number of rotatable bonds is 3. The summed E-state index contributed by atoms with van der Waals surface area (Å²) < 4.78 is 5.20. The molecule has 0 aliphatic carbocycles. The van der Waals surface area contributed by atoms with Gasteiger partial charge in [0.1, 0.15) is 5.75 Å². The van der Waals surface area contributed by atoms with Crippen molar-refractivity contribution in [3.05, 3.63) is 29.8 Å². The Morgan fingerprint density at radius 3 is 3.06 bits per heavy atom. The summed E-state index contributed by atoms with van der Waals surface area (Å²) in [6, 6.07) is 8.38. The molecule has 1 saturated heterocycles. The molecule has 1 amide bonds. The zero-order chi connectivity index (χ0) is 12.3. The van der Waals surface area contributed by atoms with Crippen LogP contribution in [0.4, 0.5) is 0 Å². The molecule has 1 unspecified atom stereocenters. The molecule has 2 rings (SSSR count). The maximum atomic E-state index is 11.3. The van der Waals surface area contributed by atoms with Gasteiger partial charge in [0, 0.05) is 19.6 Å². The van der Waals surface area contributed by atoms with Gasteiger partial charge in [0.15, 0.2) is 0 Å². The van der Waals surface area contributed by atoms with Gasteiger partial charge >= 0.3 is 0 Å². The summed E-state index contributed by atoms with van der Waals surface area (Å²) >= 11 is 0. The van der Waals surface area contributed by atoms with E-state index in [1.54, 1.807) is 12.0 Å². The van der Waals surface area contributed by atoms with Crippen molar-refractivity contribution < 1.29 is 9.53 Å². The highest BCUT2D eigenvalue weighted by molar-refractivity contribution is 5.78. The summed E-state index contributed by atoms with van der Waals surface area (Å²) in [6.07, 6.45) is 0.912. The first-order chi connectivity index (χ1) is 8.19. The van der Waals surface area contributed by atoms with E-state index < -0.39 is 0 Å². The zero-order valence-corrected chi connectivity index (χ0v) is 10.3. The number of nitrogens with zero attached hydrogens (tertiary/aromatic N) is 1. The molecular weight excluding hydrogens is 216 g/mol. The average molecular weight is 234 g/mol. The topological polar surface area (TPSA) is 41.6 Å². The van der Waals surface area contributed by atoms with E-state index in [4.69, 9.17) is 4.74 Å². The first kappa shape index (κ1) is 11.9. The Morgan fingerprint density at radius 1 is 1.53 bits per heavy atom. The number of hydrogen-bond acceptors (Lipinski definition) is 3. The number of piperazine rings is 1. The molecule has 1 aliphatic heterocycles. The van der Waals surface area contributed by atoms with Gasteiger partial charge in [-0.25, -0.2) is 0 Å². The second-order valence-corrected chi connectivity index (χ2v) is 4.41. The first-order valence-corrected chi connectivity index (χ1v) is 5.79. The monoisotopic (exact) mass is 234 g/mol. The van der Waals surface area contributed by atoms with E-state index in [-0.39, 0.29) is 5.91 Å². The van der Waals surface area contributed by atoms with Crippen molar-refractivity contribution in [1.82, 2.24) is 10.2 Å². The summed E-state index contributed by atoms with van der Waals surface area (Å²) in [5.74, 6) is 1.04. The smallest absolute Gasteiger partial charge is 0.236 e. The molecule has 92 valence electrons. The van der Waals surface area contributed by atoms with E-state index >= 15 is 0 Å². The lowest BCUT2D eigenvalue weighted by atomic mass is 10.0. The number of benzene rings is 1. The van der Waals surface area contributed by atoms with E-state index in [1.807, 2.05) is 25.2 Å². The fourth-order valence-corrected chi connectivity index (χ4v) is 2.08. The molecule has 0 saturated carbocycles. The molecule has 1 N–H and O–H groups in total. The number of carbonyl (C=O) groups excluding carboxylic acids is 1. The molecule has 4 heteroatoms. The Bertz CT molecular complexity index is 406. The molecule has 1 aliphatic rings. The maximum Gasteiger partial charge on any atom is 0.236 e. The fourth-order valence-electron chi connectivity index (χ4n) is 2.08. The van der Waals surface area contributed by atoms with Gasteiger partial charge in [0.2, 0.25) is 5.91 Å². The van der Waals surface area contributed by atoms with Gasteiger partial charge in [0.25, 0.3) is 0 Å². The van der Waals surface area contributed by atoms with Crippen LogP contribution >= 0.6 is 0 Å². The number of nitrogens with one attached hydrogen (secondary N) is 1. The Hall–Kier alpha value is -1.55. The van der Waals surface area contributed by atoms with E-state index in [0.29, 0.717) is 12.6 Å². The van der Waals surface area contributed by atoms with Gasteiger partial charge in [-0.3, -0.25) is 4.79 Å². The van der Waals surface area contributed by atoms with Gasteiger partial charge < -0.3 is 15.0 Å². The van der Waals surface area contributed by atoms with Crippen LogP contribution in [0.5, 0.6) is 5.75 Å². The lowest BCUT2D eigenvalue weighted by Gasteiger charge is -2.30. The predicted molar refractivity (Wildman–Crippen MR) is 66.1 cm³/mol. The van der Waals surface area contributed by atoms with Crippen LogP contribution in [0, 0.1) is 0 Å². The van der Waals surface area contributed by atoms with Gasteiger partial charge in [0.05, 0.1) is 13.7 Å². The van der Waals surface area contributed by atoms with Crippen LogP contribution in [0.1, 0.15) is 5.56 Å². The van der Waals surface area contributed by atoms with Gasteiger partial charge in [-0.05, 0) is 24.1 Å². The molecule has 0 aromatic heterocycles. The third-order valence-corrected chi connectivity index (χ3v) is 3.08. The number of carbonyl (C=O) groups is 1. The molecule has 17 heavy (non-hydrogen) atoms. The van der Waals surface area contributed by atoms with Crippen LogP contribution in [-0.4, -0.2) is 44.1 Å². The van der Waals surface area contributed by atoms with Gasteiger partial charge in [-0.2, -0.15) is 0 Å². The summed E-state index contributed by atoms with van der Waals surface area (Å²) in [4.78, 5) is 13.1. The van der Waals surface area contributed by atoms with Crippen LogP contribution in [0.2, 0.25) is 0 Å². The van der Waals surface area contributed by atoms with Crippen LogP contribution in [-0.2, 0) is 11.2 Å². The normalized spacial score (nSPS) is 20.5. The highest BCUT2D eigenvalue weighted by Gasteiger charge is 2.22.